The van der Waals surface area contributed by atoms with E-state index in [1.807, 2.05) is 48.5 Å². The SMILES string of the molecule is Oc1ccc2cc3ccc2c1-c1c(O)ccc2cc(ccc12)OCCCCCO3. The van der Waals surface area contributed by atoms with Crippen LogP contribution in [-0.2, 0) is 0 Å². The average molecular weight is 386 g/mol. The molecule has 4 aliphatic heterocycles. The summed E-state index contributed by atoms with van der Waals surface area (Å²) in [5, 5.41) is 25.1. The highest BCUT2D eigenvalue weighted by molar-refractivity contribution is 6.10. The maximum Gasteiger partial charge on any atom is 0.124 e. The second-order valence-electron chi connectivity index (χ2n) is 7.44. The summed E-state index contributed by atoms with van der Waals surface area (Å²) in [4.78, 5) is 0. The Kier molecular flexibility index (Phi) is 4.39. The number of benzene rings is 4. The highest BCUT2D eigenvalue weighted by Crippen LogP contribution is 2.45. The lowest BCUT2D eigenvalue weighted by atomic mass is 9.92. The lowest BCUT2D eigenvalue weighted by Crippen LogP contribution is -2.01. The van der Waals surface area contributed by atoms with E-state index in [0.717, 1.165) is 52.3 Å². The molecule has 0 aromatic heterocycles. The van der Waals surface area contributed by atoms with Gasteiger partial charge in [-0.3, -0.25) is 0 Å². The Labute approximate surface area is 168 Å². The molecule has 0 spiro atoms. The molecule has 0 unspecified atom stereocenters. The van der Waals surface area contributed by atoms with E-state index in [-0.39, 0.29) is 11.5 Å². The van der Waals surface area contributed by atoms with Gasteiger partial charge in [0.2, 0.25) is 0 Å². The van der Waals surface area contributed by atoms with Gasteiger partial charge in [0.1, 0.15) is 23.0 Å². The number of hydrogen-bond donors (Lipinski definition) is 2. The zero-order valence-electron chi connectivity index (χ0n) is 16.0. The van der Waals surface area contributed by atoms with Crippen molar-refractivity contribution in [2.24, 2.45) is 0 Å². The molecule has 4 aromatic carbocycles. The van der Waals surface area contributed by atoms with E-state index in [1.54, 1.807) is 12.1 Å². The number of rotatable bonds is 0. The summed E-state index contributed by atoms with van der Waals surface area (Å²) < 4.78 is 11.8. The van der Waals surface area contributed by atoms with Crippen LogP contribution < -0.4 is 9.47 Å². The number of phenolic OH excluding ortho intramolecular Hbond substituents is 2. The molecule has 0 saturated carbocycles. The third kappa shape index (κ3) is 3.21. The van der Waals surface area contributed by atoms with Gasteiger partial charge in [0.15, 0.2) is 0 Å². The van der Waals surface area contributed by atoms with Crippen molar-refractivity contribution in [2.45, 2.75) is 19.3 Å². The van der Waals surface area contributed by atoms with E-state index in [1.165, 1.54) is 0 Å². The van der Waals surface area contributed by atoms with Crippen molar-refractivity contribution in [1.82, 2.24) is 0 Å². The first-order valence-electron chi connectivity index (χ1n) is 9.98. The maximum atomic E-state index is 10.7. The molecule has 146 valence electrons. The Hall–Kier alpha value is -3.40. The quantitative estimate of drug-likeness (QED) is 0.388. The summed E-state index contributed by atoms with van der Waals surface area (Å²) in [6.45, 7) is 1.31. The summed E-state index contributed by atoms with van der Waals surface area (Å²) in [6, 6.07) is 18.8. The van der Waals surface area contributed by atoms with Gasteiger partial charge in [0, 0.05) is 11.1 Å². The highest BCUT2D eigenvalue weighted by atomic mass is 16.5. The predicted octanol–water partition coefficient (Wildman–Crippen LogP) is 6.01. The molecule has 0 fully saturated rings. The molecule has 8 rings (SSSR count). The van der Waals surface area contributed by atoms with Gasteiger partial charge in [-0.25, -0.2) is 0 Å². The van der Waals surface area contributed by atoms with Crippen LogP contribution >= 0.6 is 0 Å². The number of aromatic hydroxyl groups is 2. The molecule has 4 aliphatic rings. The van der Waals surface area contributed by atoms with E-state index >= 15 is 0 Å². The molecule has 0 atom stereocenters. The number of phenols is 2. The zero-order chi connectivity index (χ0) is 19.8. The lowest BCUT2D eigenvalue weighted by molar-refractivity contribution is 0.280. The maximum absolute atomic E-state index is 10.7. The first-order valence-corrected chi connectivity index (χ1v) is 9.98. The number of hydrogen-bond acceptors (Lipinski definition) is 4. The second kappa shape index (κ2) is 7.21. The fourth-order valence-corrected chi connectivity index (χ4v) is 4.06. The van der Waals surface area contributed by atoms with E-state index in [0.29, 0.717) is 24.3 Å². The van der Waals surface area contributed by atoms with E-state index in [9.17, 15) is 10.2 Å². The normalized spacial score (nSPS) is 14.3. The largest absolute Gasteiger partial charge is 0.507 e. The van der Waals surface area contributed by atoms with Crippen molar-refractivity contribution in [2.75, 3.05) is 13.2 Å². The van der Waals surface area contributed by atoms with Crippen molar-refractivity contribution in [3.8, 4) is 34.1 Å². The summed E-state index contributed by atoms with van der Waals surface area (Å²) in [7, 11) is 0. The van der Waals surface area contributed by atoms with Gasteiger partial charge in [-0.1, -0.05) is 12.1 Å². The third-order valence-corrected chi connectivity index (χ3v) is 5.51. The molecule has 0 amide bonds. The van der Waals surface area contributed by atoms with Crippen LogP contribution in [0.3, 0.4) is 0 Å². The van der Waals surface area contributed by atoms with Gasteiger partial charge in [0.05, 0.1) is 13.2 Å². The molecule has 29 heavy (non-hydrogen) atoms. The topological polar surface area (TPSA) is 58.9 Å². The minimum Gasteiger partial charge on any atom is -0.507 e. The highest BCUT2D eigenvalue weighted by Gasteiger charge is 2.17. The lowest BCUT2D eigenvalue weighted by Gasteiger charge is -2.15. The fourth-order valence-electron chi connectivity index (χ4n) is 4.06. The van der Waals surface area contributed by atoms with Crippen molar-refractivity contribution < 1.29 is 19.7 Å². The minimum absolute atomic E-state index is 0.132. The van der Waals surface area contributed by atoms with Crippen molar-refractivity contribution >= 4 is 21.5 Å². The molecule has 2 N–H and O–H groups in total. The van der Waals surface area contributed by atoms with Crippen LogP contribution in [0.15, 0.2) is 60.7 Å². The molecule has 0 saturated heterocycles. The third-order valence-electron chi connectivity index (χ3n) is 5.51. The fraction of sp³-hybridized carbons (Fsp3) is 0.200. The van der Waals surface area contributed by atoms with E-state index < -0.39 is 0 Å². The van der Waals surface area contributed by atoms with Crippen LogP contribution in [0.2, 0.25) is 0 Å². The molecule has 4 heterocycles. The summed E-state index contributed by atoms with van der Waals surface area (Å²) in [5.74, 6) is 1.88. The number of ether oxygens (including phenoxy) is 2. The van der Waals surface area contributed by atoms with Gasteiger partial charge in [0.25, 0.3) is 0 Å². The molecule has 0 radical (unpaired) electrons. The smallest absolute Gasteiger partial charge is 0.124 e. The van der Waals surface area contributed by atoms with Crippen LogP contribution in [0.5, 0.6) is 23.0 Å². The van der Waals surface area contributed by atoms with Crippen LogP contribution in [0, 0.1) is 0 Å². The molecular weight excluding hydrogens is 364 g/mol. The van der Waals surface area contributed by atoms with Crippen LogP contribution in [0.4, 0.5) is 0 Å². The van der Waals surface area contributed by atoms with Crippen LogP contribution in [-0.4, -0.2) is 23.4 Å². The second-order valence-corrected chi connectivity index (χ2v) is 7.44. The Morgan fingerprint density at radius 1 is 0.552 bits per heavy atom. The zero-order valence-corrected chi connectivity index (χ0v) is 16.0. The van der Waals surface area contributed by atoms with E-state index in [4.69, 9.17) is 9.47 Å². The van der Waals surface area contributed by atoms with Gasteiger partial charge in [-0.2, -0.15) is 0 Å². The Balaban J connectivity index is 1.81. The van der Waals surface area contributed by atoms with Gasteiger partial charge in [-0.05, 0) is 89.3 Å². The van der Waals surface area contributed by atoms with Crippen molar-refractivity contribution in [3.05, 3.63) is 60.7 Å². The summed E-state index contributed by atoms with van der Waals surface area (Å²) in [5.41, 5.74) is 1.24. The first-order chi connectivity index (χ1) is 14.2. The van der Waals surface area contributed by atoms with Crippen LogP contribution in [0.25, 0.3) is 32.7 Å². The van der Waals surface area contributed by atoms with Gasteiger partial charge >= 0.3 is 0 Å². The molecular formula is C25H22O4. The van der Waals surface area contributed by atoms with Crippen molar-refractivity contribution in [3.63, 3.8) is 0 Å². The molecule has 4 heteroatoms. The molecule has 4 nitrogen and oxygen atoms in total. The standard InChI is InChI=1S/C25H22O4/c26-22-10-4-16-14-18-6-8-20(16)24(22)25-21-9-7-19(15-17(21)5-11-23(25)27)29-13-3-1-2-12-28-18/h4-11,14-15,26-27H,1-3,12-13H2. The molecule has 0 aliphatic carbocycles. The Bertz CT molecular complexity index is 1120. The first kappa shape index (κ1) is 17.7. The van der Waals surface area contributed by atoms with Crippen molar-refractivity contribution in [1.29, 1.82) is 0 Å². The van der Waals surface area contributed by atoms with E-state index in [2.05, 4.69) is 0 Å². The van der Waals surface area contributed by atoms with Crippen LogP contribution in [0.1, 0.15) is 19.3 Å². The van der Waals surface area contributed by atoms with Gasteiger partial charge in [-0.15, -0.1) is 0 Å². The Morgan fingerprint density at radius 3 is 1.52 bits per heavy atom. The monoisotopic (exact) mass is 386 g/mol. The summed E-state index contributed by atoms with van der Waals surface area (Å²) in [6.07, 6.45) is 2.98. The molecule has 8 bridgehead atoms. The average Bonchev–Trinajstić information content (AvgIpc) is 2.73. The molecule has 4 aromatic rings. The Morgan fingerprint density at radius 2 is 1.03 bits per heavy atom. The minimum atomic E-state index is 0.132. The predicted molar refractivity (Wildman–Crippen MR) is 115 cm³/mol. The summed E-state index contributed by atoms with van der Waals surface area (Å²) >= 11 is 0. The van der Waals surface area contributed by atoms with Gasteiger partial charge < -0.3 is 19.7 Å².